The standard InChI is InChI=1S/C17H14N/c1-2-6-16-13-14(8-10-15(16)5-1)9-11-17-7-3-4-12-18-17/h1-10,12-13H,11H2. The van der Waals surface area contributed by atoms with Crippen molar-refractivity contribution in [3.05, 3.63) is 84.5 Å². The maximum atomic E-state index is 4.32. The van der Waals surface area contributed by atoms with Crippen LogP contribution in [0.2, 0.25) is 0 Å². The Morgan fingerprint density at radius 1 is 0.833 bits per heavy atom. The molecule has 2 aromatic carbocycles. The molecule has 87 valence electrons. The molecule has 0 saturated carbocycles. The van der Waals surface area contributed by atoms with Crippen LogP contribution in [-0.4, -0.2) is 4.98 Å². The van der Waals surface area contributed by atoms with Crippen LogP contribution in [-0.2, 0) is 6.42 Å². The van der Waals surface area contributed by atoms with Crippen molar-refractivity contribution in [3.63, 3.8) is 0 Å². The summed E-state index contributed by atoms with van der Waals surface area (Å²) in [5.41, 5.74) is 2.35. The molecular formula is C17H14N. The molecule has 1 heteroatoms. The molecule has 0 aliphatic heterocycles. The number of pyridine rings is 1. The van der Waals surface area contributed by atoms with E-state index < -0.39 is 0 Å². The molecule has 1 nitrogen and oxygen atoms in total. The van der Waals surface area contributed by atoms with E-state index in [1.165, 1.54) is 16.3 Å². The van der Waals surface area contributed by atoms with Crippen molar-refractivity contribution in [2.75, 3.05) is 0 Å². The summed E-state index contributed by atoms with van der Waals surface area (Å²) in [6.07, 6.45) is 4.93. The fraction of sp³-hybridized carbons (Fsp3) is 0.0588. The summed E-state index contributed by atoms with van der Waals surface area (Å²) in [5, 5.41) is 2.57. The predicted octanol–water partition coefficient (Wildman–Crippen LogP) is 4.03. The minimum atomic E-state index is 0.874. The van der Waals surface area contributed by atoms with Gasteiger partial charge in [-0.2, -0.15) is 0 Å². The molecule has 0 fully saturated rings. The van der Waals surface area contributed by atoms with Gasteiger partial charge in [0.15, 0.2) is 0 Å². The molecule has 0 atom stereocenters. The molecule has 0 spiro atoms. The Bertz CT molecular complexity index is 644. The first-order valence-corrected chi connectivity index (χ1v) is 6.14. The number of fused-ring (bicyclic) bond motifs is 1. The summed E-state index contributed by atoms with van der Waals surface area (Å²) < 4.78 is 0. The van der Waals surface area contributed by atoms with Gasteiger partial charge in [-0.1, -0.05) is 48.5 Å². The highest BCUT2D eigenvalue weighted by molar-refractivity contribution is 5.83. The zero-order valence-corrected chi connectivity index (χ0v) is 10.1. The second-order valence-corrected chi connectivity index (χ2v) is 4.34. The summed E-state index contributed by atoms with van der Waals surface area (Å²) >= 11 is 0. The third kappa shape index (κ3) is 2.40. The van der Waals surface area contributed by atoms with Gasteiger partial charge in [0.25, 0.3) is 0 Å². The van der Waals surface area contributed by atoms with Crippen molar-refractivity contribution in [2.45, 2.75) is 6.42 Å². The number of nitrogens with zero attached hydrogens (tertiary/aromatic N) is 1. The lowest BCUT2D eigenvalue weighted by atomic mass is 10.0. The van der Waals surface area contributed by atoms with Gasteiger partial charge in [-0.25, -0.2) is 0 Å². The van der Waals surface area contributed by atoms with Crippen LogP contribution in [0, 0.1) is 6.42 Å². The molecule has 1 radical (unpaired) electrons. The average molecular weight is 232 g/mol. The molecule has 0 amide bonds. The van der Waals surface area contributed by atoms with Crippen molar-refractivity contribution >= 4 is 10.8 Å². The van der Waals surface area contributed by atoms with Gasteiger partial charge in [-0.15, -0.1) is 0 Å². The normalized spacial score (nSPS) is 10.7. The summed E-state index contributed by atoms with van der Waals surface area (Å²) in [6.45, 7) is 0. The summed E-state index contributed by atoms with van der Waals surface area (Å²) in [7, 11) is 0. The molecule has 0 N–H and O–H groups in total. The SMILES string of the molecule is [CH](Cc1ccccn1)c1ccc2ccccc2c1. The van der Waals surface area contributed by atoms with E-state index in [-0.39, 0.29) is 0 Å². The fourth-order valence-corrected chi connectivity index (χ4v) is 2.08. The minimum absolute atomic E-state index is 0.874. The highest BCUT2D eigenvalue weighted by Crippen LogP contribution is 2.17. The highest BCUT2D eigenvalue weighted by Gasteiger charge is 1.98. The van der Waals surface area contributed by atoms with Crippen LogP contribution in [0.3, 0.4) is 0 Å². The molecule has 0 aliphatic carbocycles. The van der Waals surface area contributed by atoms with Gasteiger partial charge in [0.2, 0.25) is 0 Å². The van der Waals surface area contributed by atoms with E-state index in [0.29, 0.717) is 0 Å². The predicted molar refractivity (Wildman–Crippen MR) is 75.3 cm³/mol. The van der Waals surface area contributed by atoms with Gasteiger partial charge < -0.3 is 0 Å². The number of hydrogen-bond donors (Lipinski definition) is 0. The summed E-state index contributed by atoms with van der Waals surface area (Å²) in [5.74, 6) is 0. The molecule has 0 aliphatic rings. The number of aromatic nitrogens is 1. The Labute approximate surface area is 107 Å². The highest BCUT2D eigenvalue weighted by atomic mass is 14.7. The smallest absolute Gasteiger partial charge is 0.0409 e. The topological polar surface area (TPSA) is 12.9 Å². The molecule has 18 heavy (non-hydrogen) atoms. The molecule has 0 unspecified atom stereocenters. The third-order valence-electron chi connectivity index (χ3n) is 3.05. The van der Waals surface area contributed by atoms with Crippen LogP contribution >= 0.6 is 0 Å². The molecule has 1 heterocycles. The van der Waals surface area contributed by atoms with Gasteiger partial charge in [-0.05, 0) is 41.3 Å². The van der Waals surface area contributed by atoms with Crippen LogP contribution in [0.4, 0.5) is 0 Å². The average Bonchev–Trinajstić information content (AvgIpc) is 2.46. The van der Waals surface area contributed by atoms with Crippen LogP contribution < -0.4 is 0 Å². The summed E-state index contributed by atoms with van der Waals surface area (Å²) in [4.78, 5) is 4.32. The Hall–Kier alpha value is -2.15. The van der Waals surface area contributed by atoms with E-state index in [2.05, 4.69) is 59.9 Å². The van der Waals surface area contributed by atoms with E-state index in [1.54, 1.807) is 0 Å². The van der Waals surface area contributed by atoms with Crippen molar-refractivity contribution in [1.29, 1.82) is 0 Å². The van der Waals surface area contributed by atoms with E-state index in [0.717, 1.165) is 12.1 Å². The maximum Gasteiger partial charge on any atom is 0.0409 e. The van der Waals surface area contributed by atoms with Crippen LogP contribution in [0.15, 0.2) is 66.9 Å². The van der Waals surface area contributed by atoms with Crippen molar-refractivity contribution in [3.8, 4) is 0 Å². The van der Waals surface area contributed by atoms with Crippen molar-refractivity contribution in [2.24, 2.45) is 0 Å². The Morgan fingerprint density at radius 2 is 1.67 bits per heavy atom. The third-order valence-corrected chi connectivity index (χ3v) is 3.05. The lowest BCUT2D eigenvalue weighted by Crippen LogP contribution is -1.91. The fourth-order valence-electron chi connectivity index (χ4n) is 2.08. The van der Waals surface area contributed by atoms with Crippen LogP contribution in [0.1, 0.15) is 11.3 Å². The summed E-state index contributed by atoms with van der Waals surface area (Å²) in [6, 6.07) is 21.0. The van der Waals surface area contributed by atoms with Crippen molar-refractivity contribution in [1.82, 2.24) is 4.98 Å². The molecule has 1 aromatic heterocycles. The van der Waals surface area contributed by atoms with Crippen LogP contribution in [0.25, 0.3) is 10.8 Å². The first kappa shape index (κ1) is 11.0. The van der Waals surface area contributed by atoms with Gasteiger partial charge in [0.1, 0.15) is 0 Å². The first-order valence-electron chi connectivity index (χ1n) is 6.14. The molecule has 3 rings (SSSR count). The Morgan fingerprint density at radius 3 is 2.50 bits per heavy atom. The second-order valence-electron chi connectivity index (χ2n) is 4.34. The number of hydrogen-bond acceptors (Lipinski definition) is 1. The lowest BCUT2D eigenvalue weighted by molar-refractivity contribution is 1.06. The van der Waals surface area contributed by atoms with Gasteiger partial charge in [0.05, 0.1) is 0 Å². The van der Waals surface area contributed by atoms with E-state index in [9.17, 15) is 0 Å². The van der Waals surface area contributed by atoms with E-state index in [4.69, 9.17) is 0 Å². The molecule has 0 bridgehead atoms. The lowest BCUT2D eigenvalue weighted by Gasteiger charge is -2.03. The Balaban J connectivity index is 1.79. The zero-order chi connectivity index (χ0) is 12.2. The maximum absolute atomic E-state index is 4.32. The van der Waals surface area contributed by atoms with Gasteiger partial charge in [0, 0.05) is 11.9 Å². The number of benzene rings is 2. The molecular weight excluding hydrogens is 218 g/mol. The van der Waals surface area contributed by atoms with Crippen molar-refractivity contribution < 1.29 is 0 Å². The largest absolute Gasteiger partial charge is 0.261 e. The van der Waals surface area contributed by atoms with Crippen LogP contribution in [0.5, 0.6) is 0 Å². The van der Waals surface area contributed by atoms with E-state index >= 15 is 0 Å². The quantitative estimate of drug-likeness (QED) is 0.664. The second kappa shape index (κ2) is 5.01. The minimum Gasteiger partial charge on any atom is -0.261 e. The zero-order valence-electron chi connectivity index (χ0n) is 10.1. The molecule has 0 saturated heterocycles. The van der Waals surface area contributed by atoms with E-state index in [1.807, 2.05) is 18.3 Å². The molecule has 3 aromatic rings. The van der Waals surface area contributed by atoms with Gasteiger partial charge in [-0.3, -0.25) is 4.98 Å². The first-order chi connectivity index (χ1) is 8.92. The number of rotatable bonds is 3. The Kier molecular flexibility index (Phi) is 3.05. The van der Waals surface area contributed by atoms with Gasteiger partial charge >= 0.3 is 0 Å². The monoisotopic (exact) mass is 232 g/mol.